The highest BCUT2D eigenvalue weighted by molar-refractivity contribution is 8.02. The second kappa shape index (κ2) is 9.14. The van der Waals surface area contributed by atoms with Crippen LogP contribution < -0.4 is 0 Å². The van der Waals surface area contributed by atoms with Crippen molar-refractivity contribution in [1.82, 2.24) is 4.98 Å². The predicted octanol–water partition coefficient (Wildman–Crippen LogP) is 8.85. The van der Waals surface area contributed by atoms with E-state index in [1.54, 1.807) is 18.0 Å². The number of thioether (sulfide) groups is 1. The maximum absolute atomic E-state index is 4.60. The Kier molecular flexibility index (Phi) is 5.67. The average molecular weight is 480 g/mol. The molecule has 0 amide bonds. The molecule has 172 valence electrons. The molecule has 1 aliphatic carbocycles. The normalized spacial score (nSPS) is 15.8. The van der Waals surface area contributed by atoms with Gasteiger partial charge in [0.05, 0.1) is 11.1 Å². The molecule has 4 aromatic rings. The van der Waals surface area contributed by atoms with E-state index in [9.17, 15) is 0 Å². The first-order valence-corrected chi connectivity index (χ1v) is 12.9. The van der Waals surface area contributed by atoms with Crippen LogP contribution in [-0.4, -0.2) is 4.98 Å². The lowest BCUT2D eigenvalue weighted by Gasteiger charge is -2.31. The van der Waals surface area contributed by atoms with Gasteiger partial charge in [0.15, 0.2) is 0 Å². The minimum atomic E-state index is -0.361. The number of nitrogens with zero attached hydrogens (tertiary/aromatic N) is 1. The van der Waals surface area contributed by atoms with E-state index in [2.05, 4.69) is 121 Å². The summed E-state index contributed by atoms with van der Waals surface area (Å²) in [6, 6.07) is 30.3. The van der Waals surface area contributed by atoms with Gasteiger partial charge in [0.1, 0.15) is 0 Å². The third-order valence-electron chi connectivity index (χ3n) is 7.05. The van der Waals surface area contributed by atoms with Gasteiger partial charge in [0, 0.05) is 22.2 Å². The summed E-state index contributed by atoms with van der Waals surface area (Å²) in [6.07, 6.45) is 12.4. The summed E-state index contributed by atoms with van der Waals surface area (Å²) in [6.45, 7) is 8.36. The van der Waals surface area contributed by atoms with Crippen LogP contribution in [0.15, 0.2) is 144 Å². The number of pyridine rings is 1. The number of hydrogen-bond acceptors (Lipinski definition) is 2. The monoisotopic (exact) mass is 479 g/mol. The van der Waals surface area contributed by atoms with E-state index >= 15 is 0 Å². The Bertz CT molecular complexity index is 1560. The van der Waals surface area contributed by atoms with E-state index in [-0.39, 0.29) is 5.41 Å². The SMILES string of the molecule is C=Cc1cccnc1C(=C)C1=CSc2ccccc2C2(/C=C\C=C1)c1ccccc1-c1ccccc12. The van der Waals surface area contributed by atoms with Crippen molar-refractivity contribution in [3.8, 4) is 11.1 Å². The fourth-order valence-electron chi connectivity index (χ4n) is 5.39. The lowest BCUT2D eigenvalue weighted by atomic mass is 9.72. The van der Waals surface area contributed by atoms with E-state index in [0.717, 1.165) is 22.4 Å². The van der Waals surface area contributed by atoms with Crippen LogP contribution in [0.2, 0.25) is 0 Å². The summed E-state index contributed by atoms with van der Waals surface area (Å²) in [7, 11) is 0. The van der Waals surface area contributed by atoms with Gasteiger partial charge in [0.25, 0.3) is 0 Å². The van der Waals surface area contributed by atoms with Gasteiger partial charge in [0.2, 0.25) is 0 Å². The first-order valence-electron chi connectivity index (χ1n) is 12.0. The Morgan fingerprint density at radius 2 is 1.44 bits per heavy atom. The maximum Gasteiger partial charge on any atom is 0.0774 e. The standard InChI is InChI=1S/C34H25NS/c1-3-25-14-12-22-35-33(25)24(2)26-13-10-11-21-34(31-19-8-9-20-32(31)36-23-26)29-17-6-4-15-27(29)28-16-5-7-18-30(28)34/h3-23H,1-2H2/b13-10?,21-11-,26-23?. The average Bonchev–Trinajstić information content (AvgIpc) is 3.23. The molecule has 0 unspecified atom stereocenters. The fraction of sp³-hybridized carbons (Fsp3) is 0.0294. The molecule has 36 heavy (non-hydrogen) atoms. The van der Waals surface area contributed by atoms with Crippen LogP contribution in [0.5, 0.6) is 0 Å². The van der Waals surface area contributed by atoms with Gasteiger partial charge in [-0.2, -0.15) is 0 Å². The van der Waals surface area contributed by atoms with Crippen LogP contribution in [0, 0.1) is 0 Å². The molecule has 6 rings (SSSR count). The van der Waals surface area contributed by atoms with Crippen molar-refractivity contribution in [2.75, 3.05) is 0 Å². The van der Waals surface area contributed by atoms with Crippen LogP contribution in [0.25, 0.3) is 22.8 Å². The lowest BCUT2D eigenvalue weighted by Crippen LogP contribution is -2.25. The quantitative estimate of drug-likeness (QED) is 0.291. The number of rotatable bonds is 3. The fourth-order valence-corrected chi connectivity index (χ4v) is 6.38. The van der Waals surface area contributed by atoms with Crippen molar-refractivity contribution in [1.29, 1.82) is 0 Å². The highest BCUT2D eigenvalue weighted by Gasteiger charge is 2.43. The molecule has 0 fully saturated rings. The van der Waals surface area contributed by atoms with Crippen LogP contribution in [-0.2, 0) is 5.41 Å². The summed E-state index contributed by atoms with van der Waals surface area (Å²) >= 11 is 1.74. The molecule has 1 aliphatic heterocycles. The van der Waals surface area contributed by atoms with Gasteiger partial charge in [-0.05, 0) is 50.9 Å². The van der Waals surface area contributed by atoms with E-state index in [4.69, 9.17) is 0 Å². The van der Waals surface area contributed by atoms with Gasteiger partial charge in [-0.1, -0.05) is 128 Å². The zero-order valence-electron chi connectivity index (χ0n) is 19.9. The zero-order valence-corrected chi connectivity index (χ0v) is 20.7. The molecule has 1 nitrogen and oxygen atoms in total. The zero-order chi connectivity index (χ0) is 24.5. The molecule has 0 bridgehead atoms. The minimum Gasteiger partial charge on any atom is -0.256 e. The summed E-state index contributed by atoms with van der Waals surface area (Å²) in [5.74, 6) is 0. The Morgan fingerprint density at radius 1 is 0.778 bits per heavy atom. The minimum absolute atomic E-state index is 0.361. The molecule has 2 heterocycles. The Morgan fingerprint density at radius 3 is 2.17 bits per heavy atom. The molecule has 0 saturated carbocycles. The third-order valence-corrected chi connectivity index (χ3v) is 8.03. The predicted molar refractivity (Wildman–Crippen MR) is 154 cm³/mol. The topological polar surface area (TPSA) is 12.9 Å². The number of allylic oxidation sites excluding steroid dienone is 6. The molecule has 1 aromatic heterocycles. The molecule has 0 radical (unpaired) electrons. The summed E-state index contributed by atoms with van der Waals surface area (Å²) in [5.41, 5.74) is 9.91. The first-order chi connectivity index (χ1) is 17.7. The Hall–Kier alpha value is -4.14. The largest absolute Gasteiger partial charge is 0.256 e. The molecular formula is C34H25NS. The van der Waals surface area contributed by atoms with E-state index in [0.29, 0.717) is 0 Å². The number of aromatic nitrogens is 1. The van der Waals surface area contributed by atoms with Crippen LogP contribution in [0.4, 0.5) is 0 Å². The summed E-state index contributed by atoms with van der Waals surface area (Å²) in [5, 5.41) is 2.19. The molecule has 1 spiro atoms. The van der Waals surface area contributed by atoms with Crippen molar-refractivity contribution in [2.24, 2.45) is 0 Å². The van der Waals surface area contributed by atoms with Crippen molar-refractivity contribution < 1.29 is 0 Å². The van der Waals surface area contributed by atoms with Gasteiger partial charge < -0.3 is 0 Å². The lowest BCUT2D eigenvalue weighted by molar-refractivity contribution is 0.783. The van der Waals surface area contributed by atoms with E-state index in [1.807, 2.05) is 18.2 Å². The van der Waals surface area contributed by atoms with Crippen LogP contribution >= 0.6 is 11.8 Å². The van der Waals surface area contributed by atoms with Gasteiger partial charge in [-0.3, -0.25) is 4.98 Å². The van der Waals surface area contributed by atoms with Gasteiger partial charge in [-0.15, -0.1) is 0 Å². The first kappa shape index (κ1) is 22.3. The van der Waals surface area contributed by atoms with Gasteiger partial charge in [-0.25, -0.2) is 0 Å². The molecular weight excluding hydrogens is 454 g/mol. The highest BCUT2D eigenvalue weighted by atomic mass is 32.2. The number of hydrogen-bond donors (Lipinski definition) is 0. The smallest absolute Gasteiger partial charge is 0.0774 e. The Labute approximate surface area is 217 Å². The third kappa shape index (κ3) is 3.45. The Balaban J connectivity index is 1.54. The summed E-state index contributed by atoms with van der Waals surface area (Å²) < 4.78 is 0. The number of benzene rings is 3. The van der Waals surface area contributed by atoms with E-state index in [1.165, 1.54) is 32.7 Å². The van der Waals surface area contributed by atoms with E-state index < -0.39 is 0 Å². The summed E-state index contributed by atoms with van der Waals surface area (Å²) in [4.78, 5) is 5.82. The molecule has 2 aliphatic rings. The molecule has 0 atom stereocenters. The van der Waals surface area contributed by atoms with Crippen molar-refractivity contribution in [3.63, 3.8) is 0 Å². The van der Waals surface area contributed by atoms with Crippen LogP contribution in [0.3, 0.4) is 0 Å². The molecule has 3 aromatic carbocycles. The van der Waals surface area contributed by atoms with Crippen LogP contribution in [0.1, 0.15) is 27.9 Å². The maximum atomic E-state index is 4.60. The molecule has 0 saturated heterocycles. The second-order valence-electron chi connectivity index (χ2n) is 8.93. The van der Waals surface area contributed by atoms with Gasteiger partial charge >= 0.3 is 0 Å². The van der Waals surface area contributed by atoms with Crippen molar-refractivity contribution in [2.45, 2.75) is 10.3 Å². The molecule has 2 heteroatoms. The van der Waals surface area contributed by atoms with Crippen molar-refractivity contribution in [3.05, 3.63) is 168 Å². The number of fused-ring (bicyclic) bond motifs is 7. The van der Waals surface area contributed by atoms with Crippen molar-refractivity contribution >= 4 is 23.4 Å². The highest BCUT2D eigenvalue weighted by Crippen LogP contribution is 2.55. The molecule has 0 N–H and O–H groups in total. The second-order valence-corrected chi connectivity index (χ2v) is 9.84.